The van der Waals surface area contributed by atoms with Crippen LogP contribution in [-0.4, -0.2) is 26.4 Å². The van der Waals surface area contributed by atoms with Crippen molar-refractivity contribution in [2.24, 2.45) is 0 Å². The molecule has 1 aromatic carbocycles. The minimum Gasteiger partial charge on any atom is -0.352 e. The Morgan fingerprint density at radius 1 is 1.23 bits per heavy atom. The molecule has 5 nitrogen and oxygen atoms in total. The molecular weight excluding hydrogens is 404 g/mol. The fourth-order valence-corrected chi connectivity index (χ4v) is 2.74. The third-order valence-electron chi connectivity index (χ3n) is 4.37. The van der Waals surface area contributed by atoms with Gasteiger partial charge in [-0.2, -0.15) is 12.6 Å². The van der Waals surface area contributed by atoms with E-state index in [1.807, 2.05) is 54.0 Å². The number of hydrogen-bond donors (Lipinski definition) is 2. The molecule has 0 saturated heterocycles. The SMILES string of the molecule is C=C/C(C)=C\C(=C)CS.C=CCn1cnnc1CCCCC(=O)NCc1ccccc1. The highest BCUT2D eigenvalue weighted by Crippen LogP contribution is 2.05. The van der Waals surface area contributed by atoms with Gasteiger partial charge in [0.1, 0.15) is 12.2 Å². The number of allylic oxidation sites excluding steroid dienone is 4. The number of amides is 1. The molecule has 1 aromatic heterocycles. The van der Waals surface area contributed by atoms with Gasteiger partial charge in [-0.25, -0.2) is 0 Å². The molecule has 1 N–H and O–H groups in total. The van der Waals surface area contributed by atoms with Gasteiger partial charge in [0.25, 0.3) is 0 Å². The van der Waals surface area contributed by atoms with E-state index < -0.39 is 0 Å². The lowest BCUT2D eigenvalue weighted by Crippen LogP contribution is -2.22. The van der Waals surface area contributed by atoms with Gasteiger partial charge in [-0.15, -0.1) is 16.8 Å². The van der Waals surface area contributed by atoms with Crippen molar-refractivity contribution in [2.45, 2.75) is 45.7 Å². The summed E-state index contributed by atoms with van der Waals surface area (Å²) in [5.41, 5.74) is 3.28. The maximum Gasteiger partial charge on any atom is 0.220 e. The Morgan fingerprint density at radius 2 is 1.97 bits per heavy atom. The zero-order chi connectivity index (χ0) is 22.9. The Morgan fingerprint density at radius 3 is 2.61 bits per heavy atom. The number of aryl methyl sites for hydroxylation is 1. The van der Waals surface area contributed by atoms with E-state index in [4.69, 9.17) is 0 Å². The molecule has 2 aromatic rings. The highest BCUT2D eigenvalue weighted by Gasteiger charge is 2.05. The van der Waals surface area contributed by atoms with Gasteiger partial charge in [0.05, 0.1) is 0 Å². The minimum absolute atomic E-state index is 0.0939. The Bertz CT molecular complexity index is 855. The Hall–Kier alpha value is -2.86. The summed E-state index contributed by atoms with van der Waals surface area (Å²) in [7, 11) is 0. The maximum absolute atomic E-state index is 11.8. The smallest absolute Gasteiger partial charge is 0.220 e. The van der Waals surface area contributed by atoms with Crippen molar-refractivity contribution in [3.05, 3.63) is 97.2 Å². The lowest BCUT2D eigenvalue weighted by atomic mass is 10.1. The number of unbranched alkanes of at least 4 members (excludes halogenated alkanes) is 1. The predicted molar refractivity (Wildman–Crippen MR) is 133 cm³/mol. The zero-order valence-electron chi connectivity index (χ0n) is 18.5. The first-order valence-electron chi connectivity index (χ1n) is 10.4. The van der Waals surface area contributed by atoms with Crippen molar-refractivity contribution >= 4 is 18.5 Å². The topological polar surface area (TPSA) is 59.8 Å². The third kappa shape index (κ3) is 11.8. The summed E-state index contributed by atoms with van der Waals surface area (Å²) in [5, 5.41) is 10.9. The Balaban J connectivity index is 0.000000452. The van der Waals surface area contributed by atoms with Crippen molar-refractivity contribution in [2.75, 3.05) is 5.75 Å². The van der Waals surface area contributed by atoms with Crippen LogP contribution in [0.15, 0.2) is 85.8 Å². The van der Waals surface area contributed by atoms with Crippen LogP contribution in [0.25, 0.3) is 0 Å². The highest BCUT2D eigenvalue weighted by molar-refractivity contribution is 7.80. The largest absolute Gasteiger partial charge is 0.352 e. The van der Waals surface area contributed by atoms with Gasteiger partial charge in [-0.1, -0.05) is 67.3 Å². The summed E-state index contributed by atoms with van der Waals surface area (Å²) in [6.07, 6.45) is 10.5. The molecule has 0 aliphatic rings. The van der Waals surface area contributed by atoms with Gasteiger partial charge in [0.2, 0.25) is 5.91 Å². The van der Waals surface area contributed by atoms with Gasteiger partial charge in [0.15, 0.2) is 0 Å². The number of hydrogen-bond acceptors (Lipinski definition) is 4. The summed E-state index contributed by atoms with van der Waals surface area (Å²) < 4.78 is 1.97. The van der Waals surface area contributed by atoms with Crippen LogP contribution in [-0.2, 0) is 24.3 Å². The molecule has 6 heteroatoms. The summed E-state index contributed by atoms with van der Waals surface area (Å²) in [6.45, 7) is 14.4. The van der Waals surface area contributed by atoms with Gasteiger partial charge in [-0.3, -0.25) is 4.79 Å². The van der Waals surface area contributed by atoms with Crippen LogP contribution >= 0.6 is 12.6 Å². The molecule has 166 valence electrons. The second-order valence-electron chi connectivity index (χ2n) is 7.07. The van der Waals surface area contributed by atoms with E-state index in [0.29, 0.717) is 18.7 Å². The molecule has 2 rings (SSSR count). The number of thiol groups is 1. The minimum atomic E-state index is 0.0939. The van der Waals surface area contributed by atoms with Gasteiger partial charge in [0, 0.05) is 31.7 Å². The van der Waals surface area contributed by atoms with Crippen LogP contribution in [0.2, 0.25) is 0 Å². The molecule has 0 saturated carbocycles. The van der Waals surface area contributed by atoms with Crippen LogP contribution in [0.5, 0.6) is 0 Å². The molecule has 0 atom stereocenters. The number of rotatable bonds is 12. The van der Waals surface area contributed by atoms with E-state index in [1.165, 1.54) is 0 Å². The van der Waals surface area contributed by atoms with E-state index in [2.05, 4.69) is 47.9 Å². The zero-order valence-corrected chi connectivity index (χ0v) is 19.4. The lowest BCUT2D eigenvalue weighted by molar-refractivity contribution is -0.121. The van der Waals surface area contributed by atoms with E-state index in [-0.39, 0.29) is 5.91 Å². The lowest BCUT2D eigenvalue weighted by Gasteiger charge is -2.06. The molecule has 0 radical (unpaired) electrons. The molecule has 1 heterocycles. The van der Waals surface area contributed by atoms with Crippen LogP contribution in [0.4, 0.5) is 0 Å². The second kappa shape index (κ2) is 15.9. The van der Waals surface area contributed by atoms with E-state index in [9.17, 15) is 4.79 Å². The standard InChI is InChI=1S/C17H22N4O.C8H12S/c1-2-12-21-14-19-20-16(21)10-6-7-11-17(22)18-13-15-8-4-3-5-9-15;1-4-7(2)5-8(3)6-9/h2-5,8-9,14H,1,6-7,10-13H2,(H,18,22);4-5,9H,1,3,6H2,2H3/b;7-5-. The van der Waals surface area contributed by atoms with Crippen molar-refractivity contribution in [1.29, 1.82) is 0 Å². The number of nitrogens with zero attached hydrogens (tertiary/aromatic N) is 3. The normalized spacial score (nSPS) is 10.6. The monoisotopic (exact) mass is 438 g/mol. The van der Waals surface area contributed by atoms with Crippen LogP contribution in [0.1, 0.15) is 37.6 Å². The summed E-state index contributed by atoms with van der Waals surface area (Å²) in [5.74, 6) is 1.76. The van der Waals surface area contributed by atoms with Gasteiger partial charge >= 0.3 is 0 Å². The predicted octanol–water partition coefficient (Wildman–Crippen LogP) is 5.10. The van der Waals surface area contributed by atoms with Gasteiger partial charge < -0.3 is 9.88 Å². The first kappa shape index (κ1) is 26.2. The molecule has 1 amide bonds. The third-order valence-corrected chi connectivity index (χ3v) is 4.77. The summed E-state index contributed by atoms with van der Waals surface area (Å²) >= 11 is 4.05. The molecule has 0 bridgehead atoms. The second-order valence-corrected chi connectivity index (χ2v) is 7.38. The average molecular weight is 439 g/mol. The van der Waals surface area contributed by atoms with Crippen LogP contribution in [0, 0.1) is 0 Å². The Kier molecular flexibility index (Phi) is 13.4. The van der Waals surface area contributed by atoms with Crippen LogP contribution in [0.3, 0.4) is 0 Å². The van der Waals surface area contributed by atoms with Crippen molar-refractivity contribution < 1.29 is 4.79 Å². The van der Waals surface area contributed by atoms with Crippen molar-refractivity contribution in [3.8, 4) is 0 Å². The Labute approximate surface area is 192 Å². The molecule has 0 spiro atoms. The van der Waals surface area contributed by atoms with Crippen molar-refractivity contribution in [3.63, 3.8) is 0 Å². The number of benzene rings is 1. The molecule has 0 unspecified atom stereocenters. The molecular formula is C25H34N4OS. The number of carbonyl (C=O) groups is 1. The summed E-state index contributed by atoms with van der Waals surface area (Å²) in [4.78, 5) is 11.8. The fraction of sp³-hybridized carbons (Fsp3) is 0.320. The van der Waals surface area contributed by atoms with Crippen LogP contribution < -0.4 is 5.32 Å². The van der Waals surface area contributed by atoms with E-state index >= 15 is 0 Å². The number of nitrogens with one attached hydrogen (secondary N) is 1. The molecule has 0 aliphatic carbocycles. The summed E-state index contributed by atoms with van der Waals surface area (Å²) in [6, 6.07) is 9.93. The van der Waals surface area contributed by atoms with E-state index in [1.54, 1.807) is 12.4 Å². The average Bonchev–Trinajstić information content (AvgIpc) is 3.23. The highest BCUT2D eigenvalue weighted by atomic mass is 32.1. The molecule has 31 heavy (non-hydrogen) atoms. The quantitative estimate of drug-likeness (QED) is 0.210. The van der Waals surface area contributed by atoms with E-state index in [0.717, 1.165) is 48.3 Å². The fourth-order valence-electron chi connectivity index (χ4n) is 2.64. The van der Waals surface area contributed by atoms with Crippen molar-refractivity contribution in [1.82, 2.24) is 20.1 Å². The first-order valence-corrected chi connectivity index (χ1v) is 11.0. The first-order chi connectivity index (χ1) is 15.0. The number of aromatic nitrogens is 3. The molecule has 0 aliphatic heterocycles. The number of carbonyl (C=O) groups excluding carboxylic acids is 1. The van der Waals surface area contributed by atoms with Gasteiger partial charge in [-0.05, 0) is 30.9 Å². The maximum atomic E-state index is 11.8. The molecule has 0 fully saturated rings.